The van der Waals surface area contributed by atoms with Crippen molar-refractivity contribution in [2.75, 3.05) is 26.2 Å². The predicted molar refractivity (Wildman–Crippen MR) is 111 cm³/mol. The van der Waals surface area contributed by atoms with Gasteiger partial charge in [0.2, 0.25) is 17.7 Å². The van der Waals surface area contributed by atoms with Crippen LogP contribution in [0.5, 0.6) is 0 Å². The first-order chi connectivity index (χ1) is 15.5. The smallest absolute Gasteiger partial charge is 0.416 e. The Morgan fingerprint density at radius 3 is 2.55 bits per heavy atom. The van der Waals surface area contributed by atoms with Crippen LogP contribution in [0.1, 0.15) is 50.7 Å². The molecule has 0 spiro atoms. The first-order valence-corrected chi connectivity index (χ1v) is 11.0. The molecule has 2 heterocycles. The van der Waals surface area contributed by atoms with Crippen LogP contribution in [-0.2, 0) is 35.5 Å². The summed E-state index contributed by atoms with van der Waals surface area (Å²) in [6, 6.07) is 4.25. The summed E-state index contributed by atoms with van der Waals surface area (Å²) in [5.41, 5.74) is -2.69. The lowest BCUT2D eigenvalue weighted by Crippen LogP contribution is -2.47. The number of likely N-dealkylation sites (tertiary alicyclic amines) is 2. The van der Waals surface area contributed by atoms with E-state index < -0.39 is 53.2 Å². The highest BCUT2D eigenvalue weighted by molar-refractivity contribution is 6.10. The number of nitrogens with zero attached hydrogens (tertiary/aromatic N) is 2. The van der Waals surface area contributed by atoms with E-state index in [0.29, 0.717) is 19.4 Å². The standard InChI is InChI=1S/C23H27F3N2O5/c1-3-28-19(30)13-22(21(28)32,16-8-5-9-17(11-16)23(24,25)26)12-18(29)27-10-6-7-15(14-27)20(31)33-4-2/h5,8-9,11,15H,3-4,6-7,10,12-14H2,1-2H3. The van der Waals surface area contributed by atoms with E-state index in [9.17, 15) is 32.3 Å². The normalized spacial score (nSPS) is 23.7. The lowest BCUT2D eigenvalue weighted by atomic mass is 9.75. The van der Waals surface area contributed by atoms with Crippen LogP contribution < -0.4 is 0 Å². The summed E-state index contributed by atoms with van der Waals surface area (Å²) in [6.07, 6.45) is -4.37. The van der Waals surface area contributed by atoms with E-state index in [1.54, 1.807) is 13.8 Å². The van der Waals surface area contributed by atoms with Crippen LogP contribution in [0.3, 0.4) is 0 Å². The molecule has 10 heteroatoms. The monoisotopic (exact) mass is 468 g/mol. The van der Waals surface area contributed by atoms with Crippen LogP contribution in [0, 0.1) is 5.92 Å². The number of halogens is 3. The molecule has 33 heavy (non-hydrogen) atoms. The van der Waals surface area contributed by atoms with E-state index in [1.807, 2.05) is 0 Å². The second kappa shape index (κ2) is 9.52. The molecule has 2 saturated heterocycles. The minimum Gasteiger partial charge on any atom is -0.466 e. The topological polar surface area (TPSA) is 84.0 Å². The third-order valence-corrected chi connectivity index (χ3v) is 6.31. The van der Waals surface area contributed by atoms with E-state index in [1.165, 1.54) is 17.0 Å². The lowest BCUT2D eigenvalue weighted by molar-refractivity contribution is -0.152. The van der Waals surface area contributed by atoms with E-state index in [0.717, 1.165) is 17.0 Å². The third-order valence-electron chi connectivity index (χ3n) is 6.31. The molecule has 2 aliphatic heterocycles. The maximum Gasteiger partial charge on any atom is 0.416 e. The molecule has 2 atom stereocenters. The molecule has 0 aliphatic carbocycles. The van der Waals surface area contributed by atoms with Gasteiger partial charge in [0, 0.05) is 32.5 Å². The van der Waals surface area contributed by atoms with Crippen molar-refractivity contribution in [3.05, 3.63) is 35.4 Å². The number of hydrogen-bond acceptors (Lipinski definition) is 5. The molecule has 2 unspecified atom stereocenters. The number of alkyl halides is 3. The van der Waals surface area contributed by atoms with Crippen LogP contribution in [0.4, 0.5) is 13.2 Å². The van der Waals surface area contributed by atoms with Gasteiger partial charge >= 0.3 is 12.1 Å². The summed E-state index contributed by atoms with van der Waals surface area (Å²) in [4.78, 5) is 53.6. The van der Waals surface area contributed by atoms with Gasteiger partial charge in [0.05, 0.1) is 23.5 Å². The largest absolute Gasteiger partial charge is 0.466 e. The molecule has 1 aromatic rings. The number of likely N-dealkylation sites (N-methyl/N-ethyl adjacent to an activating group) is 1. The second-order valence-electron chi connectivity index (χ2n) is 8.39. The Hall–Kier alpha value is -2.91. The maximum atomic E-state index is 13.3. The molecule has 3 amide bonds. The molecule has 2 aliphatic rings. The molecule has 0 aromatic heterocycles. The first kappa shape index (κ1) is 24.7. The van der Waals surface area contributed by atoms with Gasteiger partial charge in [-0.25, -0.2) is 0 Å². The molecule has 1 aromatic carbocycles. The number of carbonyl (C=O) groups is 4. The zero-order valence-electron chi connectivity index (χ0n) is 18.6. The molecule has 180 valence electrons. The molecule has 0 radical (unpaired) electrons. The van der Waals surface area contributed by atoms with E-state index in [4.69, 9.17) is 4.74 Å². The van der Waals surface area contributed by atoms with Crippen LogP contribution in [0.25, 0.3) is 0 Å². The number of carbonyl (C=O) groups excluding carboxylic acids is 4. The van der Waals surface area contributed by atoms with E-state index in [2.05, 4.69) is 0 Å². The van der Waals surface area contributed by atoms with Crippen molar-refractivity contribution >= 4 is 23.7 Å². The van der Waals surface area contributed by atoms with Gasteiger partial charge in [-0.05, 0) is 38.3 Å². The quantitative estimate of drug-likeness (QED) is 0.474. The fourth-order valence-electron chi connectivity index (χ4n) is 4.61. The molecule has 7 nitrogen and oxygen atoms in total. The van der Waals surface area contributed by atoms with Gasteiger partial charge in [0.15, 0.2) is 0 Å². The number of benzene rings is 1. The third kappa shape index (κ3) is 4.89. The number of hydrogen-bond donors (Lipinski definition) is 0. The van der Waals surface area contributed by atoms with Crippen LogP contribution in [-0.4, -0.2) is 59.7 Å². The van der Waals surface area contributed by atoms with Gasteiger partial charge in [0.25, 0.3) is 0 Å². The molecular formula is C23H27F3N2O5. The highest BCUT2D eigenvalue weighted by Crippen LogP contribution is 2.42. The molecule has 3 rings (SSSR count). The summed E-state index contributed by atoms with van der Waals surface area (Å²) < 4.78 is 45.1. The van der Waals surface area contributed by atoms with Gasteiger partial charge in [0.1, 0.15) is 0 Å². The van der Waals surface area contributed by atoms with Crippen molar-refractivity contribution in [2.24, 2.45) is 5.92 Å². The Morgan fingerprint density at radius 1 is 1.21 bits per heavy atom. The zero-order valence-corrected chi connectivity index (χ0v) is 18.6. The average molecular weight is 468 g/mol. The average Bonchev–Trinajstić information content (AvgIpc) is 3.03. The maximum absolute atomic E-state index is 13.3. The zero-order chi connectivity index (χ0) is 24.4. The highest BCUT2D eigenvalue weighted by atomic mass is 19.4. The van der Waals surface area contributed by atoms with Crippen molar-refractivity contribution in [2.45, 2.75) is 51.1 Å². The Labute approximate surface area is 189 Å². The number of rotatable bonds is 6. The predicted octanol–water partition coefficient (Wildman–Crippen LogP) is 2.91. The molecule has 2 fully saturated rings. The summed E-state index contributed by atoms with van der Waals surface area (Å²) in [7, 11) is 0. The van der Waals surface area contributed by atoms with E-state index in [-0.39, 0.29) is 31.7 Å². The van der Waals surface area contributed by atoms with Crippen LogP contribution >= 0.6 is 0 Å². The molecule has 0 bridgehead atoms. The SMILES string of the molecule is CCOC(=O)C1CCCN(C(=O)CC2(c3cccc(C(F)(F)F)c3)CC(=O)N(CC)C2=O)C1. The van der Waals surface area contributed by atoms with Crippen molar-refractivity contribution in [3.63, 3.8) is 0 Å². The first-order valence-electron chi connectivity index (χ1n) is 11.0. The van der Waals surface area contributed by atoms with Gasteiger partial charge < -0.3 is 9.64 Å². The summed E-state index contributed by atoms with van der Waals surface area (Å²) in [5, 5.41) is 0. The summed E-state index contributed by atoms with van der Waals surface area (Å²) in [6.45, 7) is 4.01. The Morgan fingerprint density at radius 2 is 1.94 bits per heavy atom. The van der Waals surface area contributed by atoms with Crippen molar-refractivity contribution in [1.82, 2.24) is 9.80 Å². The lowest BCUT2D eigenvalue weighted by Gasteiger charge is -2.35. The molecule has 0 N–H and O–H groups in total. The van der Waals surface area contributed by atoms with Gasteiger partial charge in [-0.3, -0.25) is 24.1 Å². The van der Waals surface area contributed by atoms with Crippen molar-refractivity contribution < 1.29 is 37.1 Å². The number of ether oxygens (including phenoxy) is 1. The van der Waals surface area contributed by atoms with Gasteiger partial charge in [-0.1, -0.05) is 18.2 Å². The van der Waals surface area contributed by atoms with E-state index >= 15 is 0 Å². The number of imide groups is 1. The number of piperidine rings is 1. The Bertz CT molecular complexity index is 948. The second-order valence-corrected chi connectivity index (χ2v) is 8.39. The Kier molecular flexibility index (Phi) is 7.14. The fraction of sp³-hybridized carbons (Fsp3) is 0.565. The van der Waals surface area contributed by atoms with Gasteiger partial charge in [-0.2, -0.15) is 13.2 Å². The van der Waals surface area contributed by atoms with Crippen molar-refractivity contribution in [3.8, 4) is 0 Å². The summed E-state index contributed by atoms with van der Waals surface area (Å²) >= 11 is 0. The minimum absolute atomic E-state index is 0.0149. The van der Waals surface area contributed by atoms with Crippen molar-refractivity contribution in [1.29, 1.82) is 0 Å². The number of amides is 3. The summed E-state index contributed by atoms with van der Waals surface area (Å²) in [5.74, 6) is -2.61. The molecule has 0 saturated carbocycles. The highest BCUT2D eigenvalue weighted by Gasteiger charge is 2.54. The van der Waals surface area contributed by atoms with Crippen LogP contribution in [0.2, 0.25) is 0 Å². The van der Waals surface area contributed by atoms with Crippen LogP contribution in [0.15, 0.2) is 24.3 Å². The van der Waals surface area contributed by atoms with Gasteiger partial charge in [-0.15, -0.1) is 0 Å². The fourth-order valence-corrected chi connectivity index (χ4v) is 4.61. The Balaban J connectivity index is 1.94. The number of esters is 1. The minimum atomic E-state index is -4.64. The molecular weight excluding hydrogens is 441 g/mol.